The highest BCUT2D eigenvalue weighted by Gasteiger charge is 2.32. The minimum Gasteiger partial charge on any atom is -0.337 e. The summed E-state index contributed by atoms with van der Waals surface area (Å²) in [5, 5.41) is 5.51. The first-order valence-electron chi connectivity index (χ1n) is 13.2. The molecule has 1 fully saturated rings. The molecule has 12 heteroatoms. The van der Waals surface area contributed by atoms with E-state index in [9.17, 15) is 22.4 Å². The number of rotatable bonds is 7. The van der Waals surface area contributed by atoms with E-state index in [0.717, 1.165) is 6.26 Å². The van der Waals surface area contributed by atoms with Crippen molar-refractivity contribution in [2.24, 2.45) is 0 Å². The maximum absolute atomic E-state index is 14.4. The number of nitrogens with zero attached hydrogens (tertiary/aromatic N) is 3. The van der Waals surface area contributed by atoms with Crippen molar-refractivity contribution in [3.63, 3.8) is 0 Å². The zero-order chi connectivity index (χ0) is 30.0. The van der Waals surface area contributed by atoms with Crippen LogP contribution in [-0.2, 0) is 21.2 Å². The third kappa shape index (κ3) is 6.51. The molecule has 4 aromatic rings. The Hall–Kier alpha value is -3.73. The van der Waals surface area contributed by atoms with Crippen LogP contribution in [0, 0.1) is 5.82 Å². The van der Waals surface area contributed by atoms with E-state index in [-0.39, 0.29) is 23.0 Å². The molecule has 0 unspecified atom stereocenters. The number of amides is 2. The van der Waals surface area contributed by atoms with Gasteiger partial charge in [0.05, 0.1) is 29.1 Å². The third-order valence-corrected chi connectivity index (χ3v) is 8.32. The molecule has 8 nitrogen and oxygen atoms in total. The molecule has 0 bridgehead atoms. The molecule has 218 valence electrons. The van der Waals surface area contributed by atoms with Crippen LogP contribution in [0.5, 0.6) is 0 Å². The molecule has 0 radical (unpaired) electrons. The minimum absolute atomic E-state index is 0.00661. The van der Waals surface area contributed by atoms with Crippen LogP contribution < -0.4 is 4.72 Å². The van der Waals surface area contributed by atoms with Gasteiger partial charge in [-0.05, 0) is 54.7 Å². The van der Waals surface area contributed by atoms with E-state index in [4.69, 9.17) is 23.2 Å². The van der Waals surface area contributed by atoms with Gasteiger partial charge in [0, 0.05) is 29.2 Å². The Bertz CT molecular complexity index is 1750. The molecular weight excluding hydrogens is 602 g/mol. The number of hydrogen-bond acceptors (Lipinski definition) is 5. The molecule has 42 heavy (non-hydrogen) atoms. The van der Waals surface area contributed by atoms with E-state index >= 15 is 0 Å². The highest BCUT2D eigenvalue weighted by Crippen LogP contribution is 2.35. The van der Waals surface area contributed by atoms with Gasteiger partial charge in [0.1, 0.15) is 5.82 Å². The summed E-state index contributed by atoms with van der Waals surface area (Å²) in [6.45, 7) is 0.698. The Morgan fingerprint density at radius 1 is 0.976 bits per heavy atom. The smallest absolute Gasteiger partial charge is 0.274 e. The van der Waals surface area contributed by atoms with Crippen LogP contribution in [0.4, 0.5) is 4.39 Å². The van der Waals surface area contributed by atoms with Gasteiger partial charge in [-0.25, -0.2) is 17.5 Å². The number of carbonyl (C=O) groups excluding carboxylic acids is 2. The normalized spacial score (nSPS) is 14.1. The molecule has 2 amide bonds. The number of nitrogens with one attached hydrogen (secondary N) is 1. The second-order valence-electron chi connectivity index (χ2n) is 10.1. The molecule has 1 aromatic heterocycles. The summed E-state index contributed by atoms with van der Waals surface area (Å²) >= 11 is 12.7. The molecule has 1 saturated heterocycles. The van der Waals surface area contributed by atoms with Gasteiger partial charge in [-0.1, -0.05) is 65.7 Å². The standard InChI is InChI=1S/C30H27Cl2FN4O4S/c1-42(40,41)35-27(38)18-23-28(30(39)36-16-14-19(15-17-36)22-6-2-4-8-25(22)33)34-37(26-9-5-3-7-24(26)32)29(23)20-10-12-21(31)13-11-20/h2-13,19H,14-18H2,1H3,(H,35,38). The number of likely N-dealkylation sites (tertiary alicyclic amines) is 1. The van der Waals surface area contributed by atoms with Crippen molar-refractivity contribution in [3.05, 3.63) is 105 Å². The zero-order valence-corrected chi connectivity index (χ0v) is 24.9. The van der Waals surface area contributed by atoms with Crippen LogP contribution in [0.1, 0.15) is 40.4 Å². The first-order valence-corrected chi connectivity index (χ1v) is 15.8. The summed E-state index contributed by atoms with van der Waals surface area (Å²) in [6, 6.07) is 20.3. The Labute approximate surface area is 253 Å². The largest absolute Gasteiger partial charge is 0.337 e. The van der Waals surface area contributed by atoms with E-state index < -0.39 is 28.3 Å². The maximum Gasteiger partial charge on any atom is 0.274 e. The molecule has 3 aromatic carbocycles. The van der Waals surface area contributed by atoms with Crippen molar-refractivity contribution in [1.82, 2.24) is 19.4 Å². The molecule has 2 heterocycles. The van der Waals surface area contributed by atoms with E-state index in [1.807, 2.05) is 4.72 Å². The van der Waals surface area contributed by atoms with Gasteiger partial charge in [0.15, 0.2) is 5.69 Å². The van der Waals surface area contributed by atoms with Crippen molar-refractivity contribution in [1.29, 1.82) is 0 Å². The predicted octanol–water partition coefficient (Wildman–Crippen LogP) is 5.62. The molecule has 1 aliphatic rings. The maximum atomic E-state index is 14.4. The summed E-state index contributed by atoms with van der Waals surface area (Å²) in [7, 11) is -3.86. The fourth-order valence-electron chi connectivity index (χ4n) is 5.24. The van der Waals surface area contributed by atoms with Gasteiger partial charge < -0.3 is 4.90 Å². The van der Waals surface area contributed by atoms with E-state index in [1.54, 1.807) is 71.6 Å². The van der Waals surface area contributed by atoms with Gasteiger partial charge >= 0.3 is 0 Å². The second kappa shape index (κ2) is 12.2. The average Bonchev–Trinajstić information content (AvgIpc) is 3.31. The second-order valence-corrected chi connectivity index (χ2v) is 12.7. The number of hydrogen-bond donors (Lipinski definition) is 1. The van der Waals surface area contributed by atoms with Crippen LogP contribution >= 0.6 is 23.2 Å². The van der Waals surface area contributed by atoms with Gasteiger partial charge in [0.25, 0.3) is 5.91 Å². The summed E-state index contributed by atoms with van der Waals surface area (Å²) in [5.41, 5.74) is 2.30. The van der Waals surface area contributed by atoms with E-state index in [2.05, 4.69) is 5.10 Å². The topological polar surface area (TPSA) is 101 Å². The van der Waals surface area contributed by atoms with Gasteiger partial charge in [0.2, 0.25) is 15.9 Å². The SMILES string of the molecule is CS(=O)(=O)NC(=O)Cc1c(C(=O)N2CCC(c3ccccc3F)CC2)nn(-c2ccccc2Cl)c1-c1ccc(Cl)cc1. The molecular formula is C30H27Cl2FN4O4S. The monoisotopic (exact) mass is 628 g/mol. The van der Waals surface area contributed by atoms with Crippen LogP contribution in [-0.4, -0.2) is 54.3 Å². The van der Waals surface area contributed by atoms with E-state index in [0.29, 0.717) is 58.5 Å². The molecule has 0 atom stereocenters. The highest BCUT2D eigenvalue weighted by atomic mass is 35.5. The Morgan fingerprint density at radius 3 is 2.26 bits per heavy atom. The van der Waals surface area contributed by atoms with Crippen molar-refractivity contribution in [2.45, 2.75) is 25.2 Å². The third-order valence-electron chi connectivity index (χ3n) is 7.15. The first-order chi connectivity index (χ1) is 20.0. The van der Waals surface area contributed by atoms with Crippen LogP contribution in [0.15, 0.2) is 72.8 Å². The lowest BCUT2D eigenvalue weighted by molar-refractivity contribution is -0.118. The van der Waals surface area contributed by atoms with Crippen molar-refractivity contribution >= 4 is 45.0 Å². The van der Waals surface area contributed by atoms with Crippen molar-refractivity contribution in [3.8, 4) is 16.9 Å². The predicted molar refractivity (Wildman–Crippen MR) is 160 cm³/mol. The summed E-state index contributed by atoms with van der Waals surface area (Å²) in [4.78, 5) is 28.6. The minimum atomic E-state index is -3.86. The van der Waals surface area contributed by atoms with Crippen LogP contribution in [0.25, 0.3) is 16.9 Å². The fourth-order valence-corrected chi connectivity index (χ4v) is 6.07. The number of halogens is 3. The van der Waals surface area contributed by atoms with Crippen LogP contribution in [0.2, 0.25) is 10.0 Å². The first kappa shape index (κ1) is 29.8. The molecule has 0 aliphatic carbocycles. The number of carbonyl (C=O) groups is 2. The molecule has 1 N–H and O–H groups in total. The van der Waals surface area contributed by atoms with E-state index in [1.165, 1.54) is 10.7 Å². The number of benzene rings is 3. The van der Waals surface area contributed by atoms with Crippen molar-refractivity contribution < 1.29 is 22.4 Å². The van der Waals surface area contributed by atoms with Gasteiger partial charge in [-0.2, -0.15) is 5.10 Å². The molecule has 5 rings (SSSR count). The lowest BCUT2D eigenvalue weighted by Crippen LogP contribution is -2.39. The Balaban J connectivity index is 1.59. The molecule has 1 aliphatic heterocycles. The average molecular weight is 630 g/mol. The van der Waals surface area contributed by atoms with Gasteiger partial charge in [-0.15, -0.1) is 0 Å². The van der Waals surface area contributed by atoms with Gasteiger partial charge in [-0.3, -0.25) is 14.3 Å². The lowest BCUT2D eigenvalue weighted by Gasteiger charge is -2.32. The Kier molecular flexibility index (Phi) is 8.68. The quantitative estimate of drug-likeness (QED) is 0.286. The Morgan fingerprint density at radius 2 is 1.62 bits per heavy atom. The van der Waals surface area contributed by atoms with Crippen LogP contribution in [0.3, 0.4) is 0 Å². The number of aromatic nitrogens is 2. The molecule has 0 saturated carbocycles. The number of sulfonamides is 1. The fraction of sp³-hybridized carbons (Fsp3) is 0.233. The molecule has 0 spiro atoms. The summed E-state index contributed by atoms with van der Waals surface area (Å²) in [5.74, 6) is -1.56. The summed E-state index contributed by atoms with van der Waals surface area (Å²) in [6.07, 6.45) is 1.53. The zero-order valence-electron chi connectivity index (χ0n) is 22.6. The highest BCUT2D eigenvalue weighted by molar-refractivity contribution is 7.89. The summed E-state index contributed by atoms with van der Waals surface area (Å²) < 4.78 is 41.6. The lowest BCUT2D eigenvalue weighted by atomic mass is 9.89. The van der Waals surface area contributed by atoms with Crippen molar-refractivity contribution in [2.75, 3.05) is 19.3 Å². The number of piperidine rings is 1. The number of para-hydroxylation sites is 1.